The van der Waals surface area contributed by atoms with Crippen molar-refractivity contribution in [2.45, 2.75) is 35.6 Å². The van der Waals surface area contributed by atoms with Crippen LogP contribution >= 0.6 is 22.6 Å². The number of anilines is 1. The standard InChI is InChI=1S/C19H20IN5O2/c1-27-17-10-15-12(11-25(24-15)14-5-3-13(20)4-6-14)9-16(17)23-19(26)18-21-7-2-8-22-18/h2,7-11,13-14H,3-6H2,1H3,(H,23,26)/t13-,14-. The maximum atomic E-state index is 12.4. The summed E-state index contributed by atoms with van der Waals surface area (Å²) in [5.41, 5.74) is 1.44. The first kappa shape index (κ1) is 18.1. The van der Waals surface area contributed by atoms with E-state index >= 15 is 0 Å². The highest BCUT2D eigenvalue weighted by Crippen LogP contribution is 2.35. The summed E-state index contributed by atoms with van der Waals surface area (Å²) < 4.78 is 8.29. The van der Waals surface area contributed by atoms with Crippen LogP contribution in [0.2, 0.25) is 0 Å². The highest BCUT2D eigenvalue weighted by Gasteiger charge is 2.22. The Hall–Kier alpha value is -2.23. The predicted octanol–water partition coefficient (Wildman–Crippen LogP) is 4.01. The monoisotopic (exact) mass is 477 g/mol. The molecule has 1 amide bonds. The van der Waals surface area contributed by atoms with Crippen molar-refractivity contribution in [2.75, 3.05) is 12.4 Å². The van der Waals surface area contributed by atoms with Crippen molar-refractivity contribution in [3.8, 4) is 5.75 Å². The first-order valence-electron chi connectivity index (χ1n) is 8.93. The highest BCUT2D eigenvalue weighted by atomic mass is 127. The largest absolute Gasteiger partial charge is 0.494 e. The van der Waals surface area contributed by atoms with E-state index in [4.69, 9.17) is 9.84 Å². The van der Waals surface area contributed by atoms with Gasteiger partial charge in [0.15, 0.2) is 0 Å². The zero-order valence-electron chi connectivity index (χ0n) is 14.9. The Kier molecular flexibility index (Phi) is 5.24. The van der Waals surface area contributed by atoms with Crippen molar-refractivity contribution in [3.05, 3.63) is 42.6 Å². The van der Waals surface area contributed by atoms with Gasteiger partial charge in [-0.25, -0.2) is 9.97 Å². The van der Waals surface area contributed by atoms with Crippen molar-refractivity contribution in [1.29, 1.82) is 0 Å². The molecular weight excluding hydrogens is 457 g/mol. The summed E-state index contributed by atoms with van der Waals surface area (Å²) in [6, 6.07) is 5.86. The van der Waals surface area contributed by atoms with E-state index in [1.165, 1.54) is 25.2 Å². The lowest BCUT2D eigenvalue weighted by Crippen LogP contribution is -2.18. The molecule has 1 aliphatic rings. The molecule has 0 radical (unpaired) electrons. The molecule has 8 heteroatoms. The molecule has 1 saturated carbocycles. The number of alkyl halides is 1. The topological polar surface area (TPSA) is 81.9 Å². The molecule has 1 fully saturated rings. The Bertz CT molecular complexity index is 951. The van der Waals surface area contributed by atoms with Gasteiger partial charge in [-0.2, -0.15) is 5.10 Å². The van der Waals surface area contributed by atoms with Crippen molar-refractivity contribution < 1.29 is 9.53 Å². The van der Waals surface area contributed by atoms with Gasteiger partial charge in [0, 0.05) is 34.0 Å². The second-order valence-electron chi connectivity index (χ2n) is 6.65. The highest BCUT2D eigenvalue weighted by molar-refractivity contribution is 14.1. The second kappa shape index (κ2) is 7.79. The van der Waals surface area contributed by atoms with E-state index in [-0.39, 0.29) is 11.7 Å². The van der Waals surface area contributed by atoms with Crippen LogP contribution in [0.15, 0.2) is 36.8 Å². The quantitative estimate of drug-likeness (QED) is 0.454. The Morgan fingerprint density at radius 3 is 2.67 bits per heavy atom. The first-order chi connectivity index (χ1) is 13.1. The number of ether oxygens (including phenoxy) is 1. The van der Waals surface area contributed by atoms with Gasteiger partial charge in [0.2, 0.25) is 5.82 Å². The number of carbonyl (C=O) groups excluding carboxylic acids is 1. The molecule has 27 heavy (non-hydrogen) atoms. The van der Waals surface area contributed by atoms with Crippen LogP contribution < -0.4 is 10.1 Å². The van der Waals surface area contributed by atoms with E-state index < -0.39 is 0 Å². The minimum absolute atomic E-state index is 0.117. The summed E-state index contributed by atoms with van der Waals surface area (Å²) in [6.07, 6.45) is 9.88. The molecule has 1 aliphatic carbocycles. The Morgan fingerprint density at radius 1 is 1.22 bits per heavy atom. The third kappa shape index (κ3) is 3.90. The third-order valence-electron chi connectivity index (χ3n) is 4.86. The molecule has 7 nitrogen and oxygen atoms in total. The van der Waals surface area contributed by atoms with Gasteiger partial charge in [-0.3, -0.25) is 9.48 Å². The van der Waals surface area contributed by atoms with Crippen LogP contribution in [0, 0.1) is 0 Å². The predicted molar refractivity (Wildman–Crippen MR) is 112 cm³/mol. The van der Waals surface area contributed by atoms with Gasteiger partial charge in [0.05, 0.1) is 24.4 Å². The van der Waals surface area contributed by atoms with E-state index in [1.54, 1.807) is 13.2 Å². The Balaban J connectivity index is 1.62. The molecule has 0 bridgehead atoms. The number of hydrogen-bond acceptors (Lipinski definition) is 5. The van der Waals surface area contributed by atoms with E-state index in [9.17, 15) is 4.79 Å². The number of hydrogen-bond donors (Lipinski definition) is 1. The summed E-state index contributed by atoms with van der Waals surface area (Å²) in [5.74, 6) is 0.305. The van der Waals surface area contributed by atoms with Crippen molar-refractivity contribution >= 4 is 45.1 Å². The maximum absolute atomic E-state index is 12.4. The molecule has 0 aliphatic heterocycles. The molecule has 0 unspecified atom stereocenters. The lowest BCUT2D eigenvalue weighted by atomic mass is 9.96. The van der Waals surface area contributed by atoms with Crippen LogP contribution in [-0.4, -0.2) is 36.7 Å². The van der Waals surface area contributed by atoms with Gasteiger partial charge in [0.25, 0.3) is 5.91 Å². The molecule has 3 aromatic rings. The number of carbonyl (C=O) groups is 1. The smallest absolute Gasteiger partial charge is 0.293 e. The maximum Gasteiger partial charge on any atom is 0.293 e. The summed E-state index contributed by atoms with van der Waals surface area (Å²) >= 11 is 2.53. The number of aromatic nitrogens is 4. The van der Waals surface area contributed by atoms with Crippen LogP contribution in [0.1, 0.15) is 42.3 Å². The molecule has 1 N–H and O–H groups in total. The molecule has 0 atom stereocenters. The van der Waals surface area contributed by atoms with E-state index in [2.05, 4.69) is 48.8 Å². The van der Waals surface area contributed by atoms with Crippen molar-refractivity contribution in [2.24, 2.45) is 0 Å². The average molecular weight is 477 g/mol. The molecule has 2 aromatic heterocycles. The fraction of sp³-hybridized carbons (Fsp3) is 0.368. The minimum Gasteiger partial charge on any atom is -0.494 e. The zero-order chi connectivity index (χ0) is 18.8. The molecule has 0 saturated heterocycles. The van der Waals surface area contributed by atoms with E-state index in [0.717, 1.165) is 27.7 Å². The Labute approximate surface area is 170 Å². The summed E-state index contributed by atoms with van der Waals surface area (Å²) in [4.78, 5) is 20.4. The molecule has 1 aromatic carbocycles. The SMILES string of the molecule is COc1cc2nn([C@H]3CC[C@H](I)CC3)cc2cc1NC(=O)c1ncccn1. The van der Waals surface area contributed by atoms with Crippen LogP contribution in [0.4, 0.5) is 5.69 Å². The van der Waals surface area contributed by atoms with Crippen molar-refractivity contribution in [1.82, 2.24) is 19.7 Å². The van der Waals surface area contributed by atoms with Gasteiger partial charge in [-0.15, -0.1) is 0 Å². The van der Waals surface area contributed by atoms with Gasteiger partial charge in [-0.1, -0.05) is 22.6 Å². The summed E-state index contributed by atoms with van der Waals surface area (Å²) in [7, 11) is 1.58. The summed E-state index contributed by atoms with van der Waals surface area (Å²) in [5, 5.41) is 8.55. The first-order valence-corrected chi connectivity index (χ1v) is 10.2. The number of fused-ring (bicyclic) bond motifs is 1. The van der Waals surface area contributed by atoms with Gasteiger partial charge in [0.1, 0.15) is 5.75 Å². The lowest BCUT2D eigenvalue weighted by Gasteiger charge is -2.25. The lowest BCUT2D eigenvalue weighted by molar-refractivity contribution is 0.101. The zero-order valence-corrected chi connectivity index (χ0v) is 17.1. The van der Waals surface area contributed by atoms with E-state index in [1.807, 2.05) is 12.1 Å². The fourth-order valence-electron chi connectivity index (χ4n) is 3.42. The van der Waals surface area contributed by atoms with Crippen LogP contribution in [0.5, 0.6) is 5.75 Å². The number of halogens is 1. The molecular formula is C19H20IN5O2. The number of nitrogens with one attached hydrogen (secondary N) is 1. The number of amides is 1. The molecule has 0 spiro atoms. The van der Waals surface area contributed by atoms with Crippen LogP contribution in [-0.2, 0) is 0 Å². The van der Waals surface area contributed by atoms with Gasteiger partial charge in [-0.05, 0) is 37.8 Å². The number of benzene rings is 1. The average Bonchev–Trinajstić information content (AvgIpc) is 3.11. The van der Waals surface area contributed by atoms with Gasteiger partial charge < -0.3 is 10.1 Å². The van der Waals surface area contributed by atoms with E-state index in [0.29, 0.717) is 17.5 Å². The molecule has 4 rings (SSSR count). The number of rotatable bonds is 4. The van der Waals surface area contributed by atoms with Crippen molar-refractivity contribution in [3.63, 3.8) is 0 Å². The summed E-state index contributed by atoms with van der Waals surface area (Å²) in [6.45, 7) is 0. The number of methoxy groups -OCH3 is 1. The number of nitrogens with zero attached hydrogens (tertiary/aromatic N) is 4. The second-order valence-corrected chi connectivity index (χ2v) is 8.41. The van der Waals surface area contributed by atoms with Gasteiger partial charge >= 0.3 is 0 Å². The third-order valence-corrected chi connectivity index (χ3v) is 6.11. The van der Waals surface area contributed by atoms with Crippen LogP contribution in [0.3, 0.4) is 0 Å². The normalized spacial score (nSPS) is 19.8. The fourth-order valence-corrected chi connectivity index (χ4v) is 4.14. The molecule has 2 heterocycles. The Morgan fingerprint density at radius 2 is 1.96 bits per heavy atom. The van der Waals surface area contributed by atoms with Crippen LogP contribution in [0.25, 0.3) is 10.9 Å². The molecule has 140 valence electrons. The minimum atomic E-state index is -0.374.